The molecule has 114 valence electrons. The number of ether oxygens (including phenoxy) is 1. The van der Waals surface area contributed by atoms with Crippen LogP contribution in [0, 0.1) is 6.92 Å². The van der Waals surface area contributed by atoms with Gasteiger partial charge in [0.2, 0.25) is 10.0 Å². The molecule has 0 aliphatic heterocycles. The Balaban J connectivity index is 2.39. The summed E-state index contributed by atoms with van der Waals surface area (Å²) in [6, 6.07) is 1.87. The van der Waals surface area contributed by atoms with Crippen LogP contribution in [0.25, 0.3) is 0 Å². The zero-order valence-corrected chi connectivity index (χ0v) is 14.3. The van der Waals surface area contributed by atoms with Gasteiger partial charge in [0.15, 0.2) is 0 Å². The summed E-state index contributed by atoms with van der Waals surface area (Å²) in [5.41, 5.74) is 1.47. The van der Waals surface area contributed by atoms with Gasteiger partial charge >= 0.3 is 5.97 Å². The van der Waals surface area contributed by atoms with E-state index in [0.29, 0.717) is 5.56 Å². The summed E-state index contributed by atoms with van der Waals surface area (Å²) >= 11 is 2.59. The molecule has 0 aromatic carbocycles. The maximum Gasteiger partial charge on any atom is 0.349 e. The number of rotatable bonds is 5. The van der Waals surface area contributed by atoms with Crippen molar-refractivity contribution in [1.82, 2.24) is 4.31 Å². The van der Waals surface area contributed by atoms with Crippen LogP contribution in [0.3, 0.4) is 0 Å². The Morgan fingerprint density at radius 3 is 2.67 bits per heavy atom. The average molecular weight is 345 g/mol. The first kappa shape index (κ1) is 16.2. The molecule has 0 radical (unpaired) electrons. The number of methoxy groups -OCH3 is 1. The molecular weight excluding hydrogens is 330 g/mol. The normalized spacial score (nSPS) is 11.8. The number of hydrogen-bond acceptors (Lipinski definition) is 6. The Morgan fingerprint density at radius 1 is 1.38 bits per heavy atom. The molecule has 2 rings (SSSR count). The minimum Gasteiger partial charge on any atom is -0.465 e. The molecule has 21 heavy (non-hydrogen) atoms. The summed E-state index contributed by atoms with van der Waals surface area (Å²) in [6.45, 7) is 1.94. The van der Waals surface area contributed by atoms with Crippen molar-refractivity contribution in [1.29, 1.82) is 0 Å². The Morgan fingerprint density at radius 2 is 2.10 bits per heavy atom. The third-order valence-corrected chi connectivity index (χ3v) is 6.87. The fraction of sp³-hybridized carbons (Fsp3) is 0.308. The molecule has 0 amide bonds. The zero-order valence-electron chi connectivity index (χ0n) is 11.8. The third kappa shape index (κ3) is 3.18. The molecule has 0 atom stereocenters. The molecule has 0 spiro atoms. The quantitative estimate of drug-likeness (QED) is 0.782. The number of carbonyl (C=O) groups excluding carboxylic acids is 1. The van der Waals surface area contributed by atoms with Crippen molar-refractivity contribution in [3.8, 4) is 0 Å². The van der Waals surface area contributed by atoms with Gasteiger partial charge < -0.3 is 4.74 Å². The van der Waals surface area contributed by atoms with E-state index in [2.05, 4.69) is 4.74 Å². The number of hydrogen-bond donors (Lipinski definition) is 0. The van der Waals surface area contributed by atoms with Gasteiger partial charge in [-0.3, -0.25) is 0 Å². The van der Waals surface area contributed by atoms with Crippen molar-refractivity contribution in [3.63, 3.8) is 0 Å². The van der Waals surface area contributed by atoms with Gasteiger partial charge in [-0.15, -0.1) is 11.3 Å². The van der Waals surface area contributed by atoms with Crippen molar-refractivity contribution in [3.05, 3.63) is 38.2 Å². The fourth-order valence-corrected chi connectivity index (χ4v) is 5.34. The van der Waals surface area contributed by atoms with E-state index in [1.807, 2.05) is 16.8 Å². The van der Waals surface area contributed by atoms with Gasteiger partial charge in [0, 0.05) is 13.6 Å². The monoisotopic (exact) mass is 345 g/mol. The van der Waals surface area contributed by atoms with Crippen molar-refractivity contribution < 1.29 is 17.9 Å². The Hall–Kier alpha value is -1.22. The lowest BCUT2D eigenvalue weighted by atomic mass is 10.3. The van der Waals surface area contributed by atoms with Crippen LogP contribution in [-0.4, -0.2) is 32.8 Å². The molecule has 0 saturated heterocycles. The van der Waals surface area contributed by atoms with Gasteiger partial charge in [-0.1, -0.05) is 0 Å². The SMILES string of the molecule is COC(=O)c1scc(C)c1S(=O)(=O)N(C)Cc1ccsc1. The number of carbonyl (C=O) groups is 1. The predicted octanol–water partition coefficient (Wildman–Crippen LogP) is 2.73. The molecular formula is C13H15NO4S3. The van der Waals surface area contributed by atoms with Crippen LogP contribution < -0.4 is 0 Å². The Bertz CT molecular complexity index is 732. The molecule has 2 aromatic rings. The van der Waals surface area contributed by atoms with Gasteiger partial charge in [0.1, 0.15) is 9.77 Å². The summed E-state index contributed by atoms with van der Waals surface area (Å²) in [6.07, 6.45) is 0. The number of aryl methyl sites for hydroxylation is 1. The predicted molar refractivity (Wildman–Crippen MR) is 83.4 cm³/mol. The van der Waals surface area contributed by atoms with E-state index in [1.54, 1.807) is 12.3 Å². The van der Waals surface area contributed by atoms with E-state index in [0.717, 1.165) is 16.9 Å². The Kier molecular flexibility index (Phi) is 4.82. The number of esters is 1. The molecule has 2 heterocycles. The maximum absolute atomic E-state index is 12.7. The molecule has 0 aliphatic carbocycles. The van der Waals surface area contributed by atoms with Crippen molar-refractivity contribution in [2.75, 3.05) is 14.2 Å². The molecule has 0 unspecified atom stereocenters. The lowest BCUT2D eigenvalue weighted by Gasteiger charge is -2.17. The molecule has 0 bridgehead atoms. The molecule has 0 saturated carbocycles. The van der Waals surface area contributed by atoms with Crippen LogP contribution in [-0.2, 0) is 21.3 Å². The van der Waals surface area contributed by atoms with Crippen LogP contribution in [0.2, 0.25) is 0 Å². The second kappa shape index (κ2) is 6.27. The summed E-state index contributed by atoms with van der Waals surface area (Å²) in [5, 5.41) is 5.44. The first-order valence-electron chi connectivity index (χ1n) is 6.01. The Labute approximate surface area is 131 Å². The molecule has 2 aromatic heterocycles. The second-order valence-electron chi connectivity index (χ2n) is 4.46. The summed E-state index contributed by atoms with van der Waals surface area (Å²) in [5.74, 6) is -0.629. The average Bonchev–Trinajstić information content (AvgIpc) is 3.07. The summed E-state index contributed by atoms with van der Waals surface area (Å²) in [4.78, 5) is 11.9. The van der Waals surface area contributed by atoms with Crippen LogP contribution in [0.4, 0.5) is 0 Å². The van der Waals surface area contributed by atoms with Gasteiger partial charge in [-0.05, 0) is 40.3 Å². The zero-order chi connectivity index (χ0) is 15.6. The largest absolute Gasteiger partial charge is 0.465 e. The van der Waals surface area contributed by atoms with Gasteiger partial charge in [-0.25, -0.2) is 13.2 Å². The van der Waals surface area contributed by atoms with E-state index >= 15 is 0 Å². The number of sulfonamides is 1. The number of thiophene rings is 2. The highest BCUT2D eigenvalue weighted by atomic mass is 32.2. The maximum atomic E-state index is 12.7. The van der Waals surface area contributed by atoms with E-state index in [1.165, 1.54) is 29.8 Å². The number of nitrogens with zero attached hydrogens (tertiary/aromatic N) is 1. The smallest absolute Gasteiger partial charge is 0.349 e. The molecule has 0 aliphatic rings. The van der Waals surface area contributed by atoms with Gasteiger partial charge in [-0.2, -0.15) is 15.6 Å². The fourth-order valence-electron chi connectivity index (χ4n) is 1.87. The minimum absolute atomic E-state index is 0.0390. The summed E-state index contributed by atoms with van der Waals surface area (Å²) in [7, 11) is -0.997. The molecule has 0 N–H and O–H groups in total. The van der Waals surface area contributed by atoms with E-state index < -0.39 is 16.0 Å². The van der Waals surface area contributed by atoms with E-state index in [-0.39, 0.29) is 16.3 Å². The first-order chi connectivity index (χ1) is 9.87. The van der Waals surface area contributed by atoms with Crippen LogP contribution >= 0.6 is 22.7 Å². The topological polar surface area (TPSA) is 63.7 Å². The lowest BCUT2D eigenvalue weighted by molar-refractivity contribution is 0.0602. The van der Waals surface area contributed by atoms with Crippen LogP contribution in [0.1, 0.15) is 20.8 Å². The van der Waals surface area contributed by atoms with Crippen molar-refractivity contribution in [2.45, 2.75) is 18.4 Å². The van der Waals surface area contributed by atoms with Crippen molar-refractivity contribution in [2.24, 2.45) is 0 Å². The van der Waals surface area contributed by atoms with Crippen LogP contribution in [0.5, 0.6) is 0 Å². The highest BCUT2D eigenvalue weighted by Crippen LogP contribution is 2.30. The standard InChI is InChI=1S/C13H15NO4S3/c1-9-7-20-11(13(15)18-3)12(9)21(16,17)14(2)6-10-4-5-19-8-10/h4-5,7-8H,6H2,1-3H3. The molecule has 8 heteroatoms. The van der Waals surface area contributed by atoms with Gasteiger partial charge in [0.25, 0.3) is 0 Å². The highest BCUT2D eigenvalue weighted by Gasteiger charge is 2.30. The minimum atomic E-state index is -3.74. The van der Waals surface area contributed by atoms with E-state index in [9.17, 15) is 13.2 Å². The van der Waals surface area contributed by atoms with E-state index in [4.69, 9.17) is 0 Å². The lowest BCUT2D eigenvalue weighted by Crippen LogP contribution is -2.27. The van der Waals surface area contributed by atoms with Gasteiger partial charge in [0.05, 0.1) is 7.11 Å². The second-order valence-corrected chi connectivity index (χ2v) is 8.10. The van der Waals surface area contributed by atoms with Crippen LogP contribution in [0.15, 0.2) is 27.1 Å². The van der Waals surface area contributed by atoms with Crippen molar-refractivity contribution >= 4 is 38.7 Å². The third-order valence-electron chi connectivity index (χ3n) is 2.94. The molecule has 0 fully saturated rings. The summed E-state index contributed by atoms with van der Waals surface area (Å²) < 4.78 is 31.3. The first-order valence-corrected chi connectivity index (χ1v) is 9.28. The molecule has 5 nitrogen and oxygen atoms in total. The highest BCUT2D eigenvalue weighted by molar-refractivity contribution is 7.89.